The van der Waals surface area contributed by atoms with Crippen LogP contribution in [0.15, 0.2) is 59.5 Å². The van der Waals surface area contributed by atoms with Crippen molar-refractivity contribution in [1.82, 2.24) is 14.5 Å². The second-order valence-electron chi connectivity index (χ2n) is 8.61. The molecule has 4 rings (SSSR count). The minimum atomic E-state index is -3.64. The van der Waals surface area contributed by atoms with E-state index in [0.29, 0.717) is 26.1 Å². The average molecular weight is 471 g/mol. The van der Waals surface area contributed by atoms with E-state index in [4.69, 9.17) is 0 Å². The molecule has 2 saturated heterocycles. The number of nitrogens with one attached hydrogen (secondary N) is 1. The highest BCUT2D eigenvalue weighted by atomic mass is 32.2. The molecular weight excluding hydrogens is 440 g/mol. The van der Waals surface area contributed by atoms with Gasteiger partial charge in [0, 0.05) is 25.3 Å². The van der Waals surface area contributed by atoms with Gasteiger partial charge in [-0.05, 0) is 51.0 Å². The van der Waals surface area contributed by atoms with Crippen molar-refractivity contribution in [2.45, 2.75) is 37.1 Å². The van der Waals surface area contributed by atoms with E-state index in [0.717, 1.165) is 11.3 Å². The van der Waals surface area contributed by atoms with Crippen molar-refractivity contribution in [1.29, 1.82) is 0 Å². The van der Waals surface area contributed by atoms with E-state index < -0.39 is 15.6 Å². The van der Waals surface area contributed by atoms with Gasteiger partial charge in [0.2, 0.25) is 21.8 Å². The number of aryl methyl sites for hydroxylation is 1. The lowest BCUT2D eigenvalue weighted by Gasteiger charge is -2.42. The fourth-order valence-corrected chi connectivity index (χ4v) is 6.15. The lowest BCUT2D eigenvalue weighted by Crippen LogP contribution is -2.57. The third-order valence-electron chi connectivity index (χ3n) is 6.50. The van der Waals surface area contributed by atoms with Crippen molar-refractivity contribution < 1.29 is 18.0 Å². The molecule has 8 nitrogen and oxygen atoms in total. The summed E-state index contributed by atoms with van der Waals surface area (Å²) in [6, 6.07) is 16.5. The molecule has 0 atom stereocenters. The van der Waals surface area contributed by atoms with Gasteiger partial charge in [-0.3, -0.25) is 9.59 Å². The van der Waals surface area contributed by atoms with Crippen molar-refractivity contribution in [2.24, 2.45) is 0 Å². The Balaban J connectivity index is 1.59. The van der Waals surface area contributed by atoms with Crippen LogP contribution in [0.2, 0.25) is 0 Å². The van der Waals surface area contributed by atoms with Gasteiger partial charge in [-0.1, -0.05) is 35.9 Å². The molecule has 0 saturated carbocycles. The number of rotatable bonds is 6. The van der Waals surface area contributed by atoms with Gasteiger partial charge in [-0.15, -0.1) is 0 Å². The van der Waals surface area contributed by atoms with E-state index in [2.05, 4.69) is 5.32 Å². The van der Waals surface area contributed by atoms with Gasteiger partial charge in [0.25, 0.3) is 0 Å². The van der Waals surface area contributed by atoms with Crippen molar-refractivity contribution in [3.8, 4) is 0 Å². The van der Waals surface area contributed by atoms with Crippen molar-refractivity contribution >= 4 is 27.5 Å². The fraction of sp³-hybridized carbons (Fsp3) is 0.417. The van der Waals surface area contributed by atoms with Crippen LogP contribution in [-0.4, -0.2) is 67.8 Å². The third-order valence-corrected chi connectivity index (χ3v) is 8.41. The number of amides is 2. The molecule has 2 aromatic carbocycles. The summed E-state index contributed by atoms with van der Waals surface area (Å²) < 4.78 is 27.8. The first-order valence-electron chi connectivity index (χ1n) is 11.2. The number of carbonyl (C=O) groups excluding carboxylic acids is 2. The Labute approximate surface area is 195 Å². The van der Waals surface area contributed by atoms with Crippen molar-refractivity contribution in [2.75, 3.05) is 37.7 Å². The summed E-state index contributed by atoms with van der Waals surface area (Å²) in [4.78, 5) is 29.7. The van der Waals surface area contributed by atoms with E-state index >= 15 is 0 Å². The molecular formula is C24H30N4O4S. The van der Waals surface area contributed by atoms with Crippen LogP contribution in [0.4, 0.5) is 5.69 Å². The van der Waals surface area contributed by atoms with Crippen molar-refractivity contribution in [3.05, 3.63) is 60.2 Å². The molecule has 0 aliphatic carbocycles. The largest absolute Gasteiger partial charge is 0.355 e. The van der Waals surface area contributed by atoms with Gasteiger partial charge in [0.15, 0.2) is 0 Å². The second-order valence-corrected chi connectivity index (χ2v) is 10.5. The Bertz CT molecular complexity index is 1110. The molecule has 0 unspecified atom stereocenters. The van der Waals surface area contributed by atoms with E-state index in [1.807, 2.05) is 49.1 Å². The van der Waals surface area contributed by atoms with Gasteiger partial charge >= 0.3 is 0 Å². The standard InChI is InChI=1S/C24H30N4O4S/c1-3-25-22(29)17-26-18-28(20-7-5-4-6-8-20)24(23(26)30)13-15-27(16-14-24)33(31,32)21-11-9-19(2)10-12-21/h4-12H,3,13-18H2,1-2H3,(H,25,29). The first kappa shape index (κ1) is 23.3. The maximum absolute atomic E-state index is 13.6. The number of hydrogen-bond donors (Lipinski definition) is 1. The molecule has 2 fully saturated rings. The van der Waals surface area contributed by atoms with E-state index in [9.17, 15) is 18.0 Å². The predicted molar refractivity (Wildman–Crippen MR) is 126 cm³/mol. The molecule has 176 valence electrons. The first-order chi connectivity index (χ1) is 15.8. The summed E-state index contributed by atoms with van der Waals surface area (Å²) in [6.45, 7) is 5.01. The van der Waals surface area contributed by atoms with Crippen LogP contribution in [0, 0.1) is 6.92 Å². The molecule has 2 aliphatic heterocycles. The molecule has 1 spiro atoms. The molecule has 0 radical (unpaired) electrons. The highest BCUT2D eigenvalue weighted by Crippen LogP contribution is 2.40. The summed E-state index contributed by atoms with van der Waals surface area (Å²) in [7, 11) is -3.64. The zero-order chi connectivity index (χ0) is 23.6. The van der Waals surface area contributed by atoms with E-state index in [1.165, 1.54) is 4.31 Å². The summed E-state index contributed by atoms with van der Waals surface area (Å²) in [6.07, 6.45) is 0.718. The van der Waals surface area contributed by atoms with Crippen LogP contribution in [0.3, 0.4) is 0 Å². The number of piperidine rings is 1. The molecule has 0 bridgehead atoms. The second kappa shape index (κ2) is 9.15. The van der Waals surface area contributed by atoms with Crippen LogP contribution >= 0.6 is 0 Å². The van der Waals surface area contributed by atoms with E-state index in [-0.39, 0.29) is 36.3 Å². The summed E-state index contributed by atoms with van der Waals surface area (Å²) in [5, 5.41) is 2.75. The molecule has 0 aromatic heterocycles. The first-order valence-corrected chi connectivity index (χ1v) is 12.7. The Morgan fingerprint density at radius 1 is 1.03 bits per heavy atom. The lowest BCUT2D eigenvalue weighted by molar-refractivity contribution is -0.137. The number of para-hydroxylation sites is 1. The number of benzene rings is 2. The average Bonchev–Trinajstić information content (AvgIpc) is 3.06. The summed E-state index contributed by atoms with van der Waals surface area (Å²) >= 11 is 0. The number of hydrogen-bond acceptors (Lipinski definition) is 5. The van der Waals surface area contributed by atoms with Crippen LogP contribution in [0.25, 0.3) is 0 Å². The number of nitrogens with zero attached hydrogens (tertiary/aromatic N) is 3. The smallest absolute Gasteiger partial charge is 0.250 e. The number of anilines is 1. The zero-order valence-electron chi connectivity index (χ0n) is 19.0. The molecule has 2 aromatic rings. The fourth-order valence-electron chi connectivity index (χ4n) is 4.70. The van der Waals surface area contributed by atoms with Gasteiger partial charge in [-0.25, -0.2) is 8.42 Å². The Kier molecular flexibility index (Phi) is 6.45. The number of carbonyl (C=O) groups is 2. The quantitative estimate of drug-likeness (QED) is 0.697. The SMILES string of the molecule is CCNC(=O)CN1CN(c2ccccc2)C2(CCN(S(=O)(=O)c3ccc(C)cc3)CC2)C1=O. The monoisotopic (exact) mass is 470 g/mol. The van der Waals surface area contributed by atoms with Gasteiger partial charge in [-0.2, -0.15) is 4.31 Å². The molecule has 2 amide bonds. The maximum Gasteiger partial charge on any atom is 0.250 e. The molecule has 2 aliphatic rings. The number of sulfonamides is 1. The minimum Gasteiger partial charge on any atom is -0.355 e. The normalized spacial score (nSPS) is 18.7. The highest BCUT2D eigenvalue weighted by molar-refractivity contribution is 7.89. The lowest BCUT2D eigenvalue weighted by atomic mass is 9.86. The molecule has 33 heavy (non-hydrogen) atoms. The van der Waals surface area contributed by atoms with Gasteiger partial charge < -0.3 is 15.1 Å². The van der Waals surface area contributed by atoms with Gasteiger partial charge in [0.05, 0.1) is 11.6 Å². The summed E-state index contributed by atoms with van der Waals surface area (Å²) in [5.41, 5.74) is 1.01. The molecule has 1 N–H and O–H groups in total. The van der Waals surface area contributed by atoms with Crippen LogP contribution in [-0.2, 0) is 19.6 Å². The Hall–Kier alpha value is -2.91. The van der Waals surface area contributed by atoms with Crippen LogP contribution in [0.1, 0.15) is 25.3 Å². The third kappa shape index (κ3) is 4.35. The molecule has 2 heterocycles. The molecule has 9 heteroatoms. The van der Waals surface area contributed by atoms with Crippen LogP contribution in [0.5, 0.6) is 0 Å². The number of likely N-dealkylation sites (N-methyl/N-ethyl adjacent to an activating group) is 1. The highest BCUT2D eigenvalue weighted by Gasteiger charge is 2.54. The van der Waals surface area contributed by atoms with E-state index in [1.54, 1.807) is 29.2 Å². The zero-order valence-corrected chi connectivity index (χ0v) is 19.8. The maximum atomic E-state index is 13.6. The predicted octanol–water partition coefficient (Wildman–Crippen LogP) is 1.96. The Morgan fingerprint density at radius 3 is 2.27 bits per heavy atom. The summed E-state index contributed by atoms with van der Waals surface area (Å²) in [5.74, 6) is -0.319. The topological polar surface area (TPSA) is 90.0 Å². The Morgan fingerprint density at radius 2 is 1.67 bits per heavy atom. The van der Waals surface area contributed by atoms with Crippen molar-refractivity contribution in [3.63, 3.8) is 0 Å². The van der Waals surface area contributed by atoms with Gasteiger partial charge in [0.1, 0.15) is 12.1 Å². The minimum absolute atomic E-state index is 0.0108. The van der Waals surface area contributed by atoms with Crippen LogP contribution < -0.4 is 10.2 Å².